The first-order valence-electron chi connectivity index (χ1n) is 12.3. The van der Waals surface area contributed by atoms with E-state index in [9.17, 15) is 4.39 Å². The van der Waals surface area contributed by atoms with Gasteiger partial charge in [0.05, 0.1) is 22.9 Å². The SMILES string of the molecule is Fc1ccc(-c2ccnc3nc(-c4n[nH]c5cnc(-c6cncc(CNCc7ccccc7)c6)cc45)[nH]c23)s1. The molecule has 10 heteroatoms. The molecule has 6 heterocycles. The standard InChI is InChI=1S/C29H21FN8S/c30-25-7-6-24(39-25)20-8-9-33-28-26(20)35-29(36-28)27-21-11-22(34-16-23(21)37-38-27)19-10-18(14-32-15-19)13-31-12-17-4-2-1-3-5-17/h1-11,14-16,31H,12-13H2,(H,37,38)(H,33,35,36). The maximum Gasteiger partial charge on any atom is 0.178 e. The Bertz CT molecular complexity index is 1920. The number of hydrogen-bond donors (Lipinski definition) is 3. The molecule has 1 aromatic carbocycles. The van der Waals surface area contributed by atoms with Gasteiger partial charge in [0.2, 0.25) is 0 Å². The minimum atomic E-state index is -0.237. The van der Waals surface area contributed by atoms with Crippen LogP contribution in [-0.4, -0.2) is 35.1 Å². The van der Waals surface area contributed by atoms with Gasteiger partial charge in [0, 0.05) is 53.1 Å². The Morgan fingerprint density at radius 3 is 2.67 bits per heavy atom. The number of aromatic nitrogens is 7. The summed E-state index contributed by atoms with van der Waals surface area (Å²) in [5.41, 5.74) is 7.57. The number of nitrogens with zero attached hydrogens (tertiary/aromatic N) is 5. The third kappa shape index (κ3) is 4.56. The molecule has 0 fully saturated rings. The van der Waals surface area contributed by atoms with Crippen molar-refractivity contribution in [2.45, 2.75) is 13.1 Å². The number of halogens is 1. The molecule has 0 aliphatic carbocycles. The average Bonchev–Trinajstić information content (AvgIpc) is 3.71. The van der Waals surface area contributed by atoms with Gasteiger partial charge in [-0.1, -0.05) is 30.3 Å². The van der Waals surface area contributed by atoms with Crippen LogP contribution in [0.1, 0.15) is 11.1 Å². The fourth-order valence-corrected chi connectivity index (χ4v) is 5.38. The lowest BCUT2D eigenvalue weighted by Crippen LogP contribution is -2.12. The van der Waals surface area contributed by atoms with E-state index >= 15 is 0 Å². The van der Waals surface area contributed by atoms with Crippen LogP contribution in [0.25, 0.3) is 55.3 Å². The van der Waals surface area contributed by atoms with E-state index in [-0.39, 0.29) is 5.13 Å². The van der Waals surface area contributed by atoms with Gasteiger partial charge in [-0.3, -0.25) is 15.1 Å². The molecule has 190 valence electrons. The lowest BCUT2D eigenvalue weighted by atomic mass is 10.1. The number of imidazole rings is 1. The summed E-state index contributed by atoms with van der Waals surface area (Å²) >= 11 is 1.09. The van der Waals surface area contributed by atoms with Crippen LogP contribution < -0.4 is 5.32 Å². The number of rotatable bonds is 7. The van der Waals surface area contributed by atoms with E-state index in [1.165, 1.54) is 11.6 Å². The fourth-order valence-electron chi connectivity index (χ4n) is 4.61. The van der Waals surface area contributed by atoms with Gasteiger partial charge in [0.1, 0.15) is 5.69 Å². The number of fused-ring (bicyclic) bond motifs is 2. The molecule has 8 nitrogen and oxygen atoms in total. The second kappa shape index (κ2) is 9.82. The summed E-state index contributed by atoms with van der Waals surface area (Å²) in [7, 11) is 0. The van der Waals surface area contributed by atoms with Crippen LogP contribution in [0.2, 0.25) is 0 Å². The van der Waals surface area contributed by atoms with Gasteiger partial charge < -0.3 is 10.3 Å². The average molecular weight is 533 g/mol. The Balaban J connectivity index is 1.20. The normalized spacial score (nSPS) is 11.5. The summed E-state index contributed by atoms with van der Waals surface area (Å²) in [4.78, 5) is 22.4. The highest BCUT2D eigenvalue weighted by Crippen LogP contribution is 2.34. The summed E-state index contributed by atoms with van der Waals surface area (Å²) in [6.45, 7) is 1.47. The number of benzene rings is 1. The Labute approximate surface area is 226 Å². The number of H-pyrrole nitrogens is 2. The Kier molecular flexibility index (Phi) is 5.87. The van der Waals surface area contributed by atoms with Gasteiger partial charge in [-0.25, -0.2) is 9.97 Å². The van der Waals surface area contributed by atoms with Gasteiger partial charge in [0.15, 0.2) is 16.6 Å². The number of hydrogen-bond acceptors (Lipinski definition) is 7. The van der Waals surface area contributed by atoms with Crippen molar-refractivity contribution in [3.63, 3.8) is 0 Å². The zero-order valence-corrected chi connectivity index (χ0v) is 21.3. The maximum atomic E-state index is 13.7. The van der Waals surface area contributed by atoms with E-state index in [0.717, 1.165) is 61.6 Å². The van der Waals surface area contributed by atoms with Crippen molar-refractivity contribution in [3.8, 4) is 33.2 Å². The molecular formula is C29H21FN8S. The first-order chi connectivity index (χ1) is 19.2. The highest BCUT2D eigenvalue weighted by atomic mass is 32.1. The van der Waals surface area contributed by atoms with Gasteiger partial charge in [-0.15, -0.1) is 11.3 Å². The van der Waals surface area contributed by atoms with Crippen LogP contribution in [0.5, 0.6) is 0 Å². The van der Waals surface area contributed by atoms with E-state index in [4.69, 9.17) is 4.98 Å². The highest BCUT2D eigenvalue weighted by molar-refractivity contribution is 7.14. The number of nitrogens with one attached hydrogen (secondary N) is 3. The Morgan fingerprint density at radius 2 is 1.79 bits per heavy atom. The van der Waals surface area contributed by atoms with Crippen LogP contribution in [0, 0.1) is 5.13 Å². The smallest absolute Gasteiger partial charge is 0.178 e. The van der Waals surface area contributed by atoms with Crippen LogP contribution in [0.15, 0.2) is 85.5 Å². The summed E-state index contributed by atoms with van der Waals surface area (Å²) in [6, 6.07) is 19.5. The van der Waals surface area contributed by atoms with Crippen LogP contribution in [-0.2, 0) is 13.1 Å². The molecular weight excluding hydrogens is 511 g/mol. The summed E-state index contributed by atoms with van der Waals surface area (Å²) in [5.74, 6) is 0.572. The Hall–Kier alpha value is -4.80. The predicted molar refractivity (Wildman–Crippen MR) is 150 cm³/mol. The summed E-state index contributed by atoms with van der Waals surface area (Å²) in [6.07, 6.45) is 7.12. The molecule has 0 saturated heterocycles. The van der Waals surface area contributed by atoms with E-state index in [1.807, 2.05) is 42.7 Å². The molecule has 0 saturated carbocycles. The minimum absolute atomic E-state index is 0.237. The van der Waals surface area contributed by atoms with Gasteiger partial charge >= 0.3 is 0 Å². The van der Waals surface area contributed by atoms with Crippen molar-refractivity contribution in [1.29, 1.82) is 0 Å². The van der Waals surface area contributed by atoms with Crippen LogP contribution in [0.3, 0.4) is 0 Å². The molecule has 7 rings (SSSR count). The van der Waals surface area contributed by atoms with E-state index < -0.39 is 0 Å². The van der Waals surface area contributed by atoms with Crippen molar-refractivity contribution in [2.75, 3.05) is 0 Å². The second-order valence-electron chi connectivity index (χ2n) is 9.10. The first-order valence-corrected chi connectivity index (χ1v) is 13.2. The first kappa shape index (κ1) is 23.3. The zero-order chi connectivity index (χ0) is 26.2. The lowest BCUT2D eigenvalue weighted by molar-refractivity contribution is 0.657. The zero-order valence-electron chi connectivity index (χ0n) is 20.5. The van der Waals surface area contributed by atoms with Crippen molar-refractivity contribution < 1.29 is 4.39 Å². The van der Waals surface area contributed by atoms with Crippen molar-refractivity contribution >= 4 is 33.4 Å². The van der Waals surface area contributed by atoms with Crippen molar-refractivity contribution in [1.82, 2.24) is 40.4 Å². The molecule has 7 aromatic rings. The molecule has 0 aliphatic heterocycles. The third-order valence-electron chi connectivity index (χ3n) is 6.49. The second-order valence-corrected chi connectivity index (χ2v) is 10.1. The van der Waals surface area contributed by atoms with Crippen molar-refractivity contribution in [2.24, 2.45) is 0 Å². The fraction of sp³-hybridized carbons (Fsp3) is 0.0690. The van der Waals surface area contributed by atoms with Gasteiger partial charge in [-0.2, -0.15) is 9.49 Å². The van der Waals surface area contributed by atoms with E-state index in [2.05, 4.69) is 53.6 Å². The topological polar surface area (TPSA) is 108 Å². The van der Waals surface area contributed by atoms with E-state index in [0.29, 0.717) is 23.7 Å². The summed E-state index contributed by atoms with van der Waals surface area (Å²) < 4.78 is 13.7. The molecule has 6 aromatic heterocycles. The lowest BCUT2D eigenvalue weighted by Gasteiger charge is -2.07. The highest BCUT2D eigenvalue weighted by Gasteiger charge is 2.17. The van der Waals surface area contributed by atoms with Crippen LogP contribution in [0.4, 0.5) is 4.39 Å². The monoisotopic (exact) mass is 532 g/mol. The van der Waals surface area contributed by atoms with E-state index in [1.54, 1.807) is 18.5 Å². The molecule has 0 radical (unpaired) electrons. The molecule has 0 atom stereocenters. The predicted octanol–water partition coefficient (Wildman–Crippen LogP) is 6.12. The number of aromatic amines is 2. The van der Waals surface area contributed by atoms with Gasteiger partial charge in [-0.05, 0) is 41.5 Å². The molecule has 0 spiro atoms. The largest absolute Gasteiger partial charge is 0.335 e. The van der Waals surface area contributed by atoms with Gasteiger partial charge in [0.25, 0.3) is 0 Å². The molecule has 0 unspecified atom stereocenters. The molecule has 0 aliphatic rings. The molecule has 3 N–H and O–H groups in total. The minimum Gasteiger partial charge on any atom is -0.335 e. The van der Waals surface area contributed by atoms with Crippen molar-refractivity contribution in [3.05, 3.63) is 102 Å². The number of thiophene rings is 1. The van der Waals surface area contributed by atoms with Crippen LogP contribution >= 0.6 is 11.3 Å². The number of pyridine rings is 3. The third-order valence-corrected chi connectivity index (χ3v) is 7.40. The molecule has 0 amide bonds. The Morgan fingerprint density at radius 1 is 0.897 bits per heavy atom. The maximum absolute atomic E-state index is 13.7. The molecule has 39 heavy (non-hydrogen) atoms. The molecule has 0 bridgehead atoms. The quantitative estimate of drug-likeness (QED) is 0.228. The summed E-state index contributed by atoms with van der Waals surface area (Å²) in [5, 5.41) is 11.7.